The van der Waals surface area contributed by atoms with Crippen LogP contribution in [-0.2, 0) is 16.0 Å². The molecular weight excluding hydrogens is 308 g/mol. The Balaban J connectivity index is 1.51. The second-order valence-corrected chi connectivity index (χ2v) is 6.78. The Morgan fingerprint density at radius 2 is 1.96 bits per heavy atom. The lowest BCUT2D eigenvalue weighted by molar-refractivity contribution is -0.130. The van der Waals surface area contributed by atoms with Gasteiger partial charge in [-0.2, -0.15) is 0 Å². The molecule has 2 amide bonds. The lowest BCUT2D eigenvalue weighted by Crippen LogP contribution is -2.34. The number of carbonyl (C=O) groups is 2. The van der Waals surface area contributed by atoms with Crippen LogP contribution in [0.5, 0.6) is 0 Å². The molecule has 1 N–H and O–H groups in total. The van der Waals surface area contributed by atoms with Crippen LogP contribution in [0.4, 0.5) is 5.69 Å². The van der Waals surface area contributed by atoms with Gasteiger partial charge in [-0.3, -0.25) is 9.59 Å². The molecule has 1 fully saturated rings. The minimum Gasteiger partial charge on any atom is -0.325 e. The molecule has 0 spiro atoms. The topological polar surface area (TPSA) is 49.4 Å². The summed E-state index contributed by atoms with van der Waals surface area (Å²) in [6.07, 6.45) is 0.944. The van der Waals surface area contributed by atoms with Gasteiger partial charge in [0, 0.05) is 5.69 Å². The van der Waals surface area contributed by atoms with E-state index in [1.54, 1.807) is 16.7 Å². The number of fused-ring (bicyclic) bond motifs is 3. The molecule has 23 heavy (non-hydrogen) atoms. The minimum absolute atomic E-state index is 0.0352. The predicted octanol–water partition coefficient (Wildman–Crippen LogP) is 2.73. The fourth-order valence-electron chi connectivity index (χ4n) is 3.12. The van der Waals surface area contributed by atoms with E-state index >= 15 is 0 Å². The summed E-state index contributed by atoms with van der Waals surface area (Å²) >= 11 is 1.54. The Labute approximate surface area is 138 Å². The van der Waals surface area contributed by atoms with E-state index in [0.717, 1.165) is 12.1 Å². The molecule has 1 aliphatic heterocycles. The molecule has 2 aliphatic rings. The Hall–Kier alpha value is -2.27. The SMILES string of the molecule is O=C(CN1CSCC1=O)Nc1ccc2c(c1)-c1ccccc1C2. The molecule has 4 rings (SSSR count). The molecule has 1 aliphatic carbocycles. The Kier molecular flexibility index (Phi) is 3.58. The van der Waals surface area contributed by atoms with Crippen LogP contribution in [0.3, 0.4) is 0 Å². The van der Waals surface area contributed by atoms with Crippen molar-refractivity contribution in [3.05, 3.63) is 53.6 Å². The highest BCUT2D eigenvalue weighted by atomic mass is 32.2. The molecular formula is C18H16N2O2S. The van der Waals surface area contributed by atoms with Crippen LogP contribution in [0.2, 0.25) is 0 Å². The number of thioether (sulfide) groups is 1. The summed E-state index contributed by atoms with van der Waals surface area (Å²) in [5, 5.41) is 2.91. The fraction of sp³-hybridized carbons (Fsp3) is 0.222. The maximum atomic E-state index is 12.1. The van der Waals surface area contributed by atoms with E-state index in [1.165, 1.54) is 22.3 Å². The summed E-state index contributed by atoms with van der Waals surface area (Å²) in [6.45, 7) is 0.125. The van der Waals surface area contributed by atoms with Gasteiger partial charge in [0.15, 0.2) is 0 Å². The first kappa shape index (κ1) is 14.3. The van der Waals surface area contributed by atoms with Gasteiger partial charge < -0.3 is 10.2 Å². The molecule has 0 saturated carbocycles. The number of rotatable bonds is 3. The predicted molar refractivity (Wildman–Crippen MR) is 92.4 cm³/mol. The smallest absolute Gasteiger partial charge is 0.244 e. The third-order valence-electron chi connectivity index (χ3n) is 4.24. The molecule has 2 aromatic carbocycles. The molecule has 5 heteroatoms. The van der Waals surface area contributed by atoms with Crippen molar-refractivity contribution in [1.82, 2.24) is 4.90 Å². The van der Waals surface area contributed by atoms with Gasteiger partial charge >= 0.3 is 0 Å². The summed E-state index contributed by atoms with van der Waals surface area (Å²) in [5.74, 6) is 0.965. The van der Waals surface area contributed by atoms with Crippen molar-refractivity contribution in [2.75, 3.05) is 23.5 Å². The summed E-state index contributed by atoms with van der Waals surface area (Å²) in [5.41, 5.74) is 5.82. The first-order valence-corrected chi connectivity index (χ1v) is 8.73. The lowest BCUT2D eigenvalue weighted by Gasteiger charge is -2.14. The molecule has 4 nitrogen and oxygen atoms in total. The lowest BCUT2D eigenvalue weighted by atomic mass is 10.1. The van der Waals surface area contributed by atoms with E-state index in [-0.39, 0.29) is 18.4 Å². The van der Waals surface area contributed by atoms with Crippen molar-refractivity contribution in [2.45, 2.75) is 6.42 Å². The molecule has 0 atom stereocenters. The first-order valence-electron chi connectivity index (χ1n) is 7.57. The quantitative estimate of drug-likeness (QED) is 0.806. The van der Waals surface area contributed by atoms with Crippen LogP contribution in [0, 0.1) is 0 Å². The average Bonchev–Trinajstić information content (AvgIpc) is 3.11. The molecule has 0 radical (unpaired) electrons. The highest BCUT2D eigenvalue weighted by Crippen LogP contribution is 2.37. The zero-order valence-electron chi connectivity index (χ0n) is 12.5. The van der Waals surface area contributed by atoms with E-state index in [1.807, 2.05) is 18.2 Å². The van der Waals surface area contributed by atoms with Gasteiger partial charge in [0.1, 0.15) is 6.54 Å². The van der Waals surface area contributed by atoms with Gasteiger partial charge in [-0.15, -0.1) is 11.8 Å². The van der Waals surface area contributed by atoms with Crippen molar-refractivity contribution < 1.29 is 9.59 Å². The largest absolute Gasteiger partial charge is 0.325 e. The minimum atomic E-state index is -0.146. The van der Waals surface area contributed by atoms with Crippen LogP contribution in [0.1, 0.15) is 11.1 Å². The number of carbonyl (C=O) groups excluding carboxylic acids is 2. The maximum Gasteiger partial charge on any atom is 0.244 e. The summed E-state index contributed by atoms with van der Waals surface area (Å²) < 4.78 is 0. The third kappa shape index (κ3) is 2.72. The van der Waals surface area contributed by atoms with E-state index < -0.39 is 0 Å². The van der Waals surface area contributed by atoms with Gasteiger partial charge in [0.25, 0.3) is 0 Å². The van der Waals surface area contributed by atoms with E-state index in [9.17, 15) is 9.59 Å². The molecule has 0 unspecified atom stereocenters. The van der Waals surface area contributed by atoms with E-state index in [4.69, 9.17) is 0 Å². The second kappa shape index (κ2) is 5.74. The first-order chi connectivity index (χ1) is 11.2. The highest BCUT2D eigenvalue weighted by Gasteiger charge is 2.23. The maximum absolute atomic E-state index is 12.1. The van der Waals surface area contributed by atoms with Crippen molar-refractivity contribution in [2.24, 2.45) is 0 Å². The van der Waals surface area contributed by atoms with Gasteiger partial charge in [0.05, 0.1) is 11.6 Å². The van der Waals surface area contributed by atoms with Crippen molar-refractivity contribution >= 4 is 29.3 Å². The molecule has 0 aromatic heterocycles. The Morgan fingerprint density at radius 3 is 2.78 bits per heavy atom. The molecule has 1 saturated heterocycles. The van der Waals surface area contributed by atoms with E-state index in [0.29, 0.717) is 11.6 Å². The van der Waals surface area contributed by atoms with Crippen molar-refractivity contribution in [1.29, 1.82) is 0 Å². The number of anilines is 1. The number of benzene rings is 2. The van der Waals surface area contributed by atoms with Gasteiger partial charge in [-0.1, -0.05) is 30.3 Å². The molecule has 2 aromatic rings. The van der Waals surface area contributed by atoms with Crippen LogP contribution in [0.25, 0.3) is 11.1 Å². The monoisotopic (exact) mass is 324 g/mol. The van der Waals surface area contributed by atoms with Gasteiger partial charge in [0.2, 0.25) is 11.8 Å². The number of nitrogens with zero attached hydrogens (tertiary/aromatic N) is 1. The number of hydrogen-bond acceptors (Lipinski definition) is 3. The van der Waals surface area contributed by atoms with Crippen LogP contribution >= 0.6 is 11.8 Å². The van der Waals surface area contributed by atoms with Crippen molar-refractivity contribution in [3.63, 3.8) is 0 Å². The summed E-state index contributed by atoms with van der Waals surface area (Å²) in [6, 6.07) is 14.4. The fourth-order valence-corrected chi connectivity index (χ4v) is 4.02. The second-order valence-electron chi connectivity index (χ2n) is 5.82. The number of hydrogen-bond donors (Lipinski definition) is 1. The molecule has 0 bridgehead atoms. The number of amides is 2. The van der Waals surface area contributed by atoms with E-state index in [2.05, 4.69) is 29.6 Å². The third-order valence-corrected chi connectivity index (χ3v) is 5.19. The van der Waals surface area contributed by atoms with Crippen LogP contribution < -0.4 is 5.32 Å². The molecule has 116 valence electrons. The zero-order valence-corrected chi connectivity index (χ0v) is 13.4. The summed E-state index contributed by atoms with van der Waals surface area (Å²) in [7, 11) is 0. The molecule has 1 heterocycles. The van der Waals surface area contributed by atoms with Crippen LogP contribution in [0.15, 0.2) is 42.5 Å². The summed E-state index contributed by atoms with van der Waals surface area (Å²) in [4.78, 5) is 25.3. The zero-order chi connectivity index (χ0) is 15.8. The Morgan fingerprint density at radius 1 is 1.13 bits per heavy atom. The number of nitrogens with one attached hydrogen (secondary N) is 1. The highest BCUT2D eigenvalue weighted by molar-refractivity contribution is 8.00. The normalized spacial score (nSPS) is 15.5. The average molecular weight is 324 g/mol. The standard InChI is InChI=1S/C18H16N2O2S/c21-17(9-20-11-23-10-18(20)22)19-14-6-5-13-7-12-3-1-2-4-15(12)16(13)8-14/h1-6,8H,7,9-11H2,(H,19,21). The van der Waals surface area contributed by atoms with Gasteiger partial charge in [-0.25, -0.2) is 0 Å². The van der Waals surface area contributed by atoms with Crippen molar-refractivity contribution in [3.8, 4) is 11.1 Å². The van der Waals surface area contributed by atoms with Crippen LogP contribution in [-0.4, -0.2) is 34.9 Å². The van der Waals surface area contributed by atoms with Gasteiger partial charge in [-0.05, 0) is 40.8 Å². The Bertz CT molecular complexity index is 803.